The fourth-order valence-corrected chi connectivity index (χ4v) is 3.72. The van der Waals surface area contributed by atoms with Gasteiger partial charge in [0, 0.05) is 12.2 Å². The lowest BCUT2D eigenvalue weighted by molar-refractivity contribution is -0.162. The van der Waals surface area contributed by atoms with Gasteiger partial charge in [0.05, 0.1) is 28.6 Å². The van der Waals surface area contributed by atoms with E-state index in [9.17, 15) is 24.3 Å². The number of carbonyl (C=O) groups is 4. The van der Waals surface area contributed by atoms with Gasteiger partial charge in [-0.3, -0.25) is 15.0 Å². The number of carboxylic acids is 1. The number of hydrogen-bond acceptors (Lipinski definition) is 8. The molecule has 12 nitrogen and oxygen atoms in total. The van der Waals surface area contributed by atoms with E-state index in [0.29, 0.717) is 39.9 Å². The number of carbonyl (C=O) groups excluding carboxylic acids is 3. The number of halogens is 2. The van der Waals surface area contributed by atoms with Gasteiger partial charge in [-0.25, -0.2) is 9.59 Å². The molecule has 0 saturated heterocycles. The lowest BCUT2D eigenvalue weighted by Gasteiger charge is -2.17. The van der Waals surface area contributed by atoms with Crippen LogP contribution in [0, 0.1) is 5.41 Å². The topological polar surface area (TPSA) is 210 Å². The highest BCUT2D eigenvalue weighted by Gasteiger charge is 2.27. The van der Waals surface area contributed by atoms with Gasteiger partial charge in [0.15, 0.2) is 5.96 Å². The first kappa shape index (κ1) is 30.4. The van der Waals surface area contributed by atoms with Crippen LogP contribution in [0.5, 0.6) is 0 Å². The highest BCUT2D eigenvalue weighted by atomic mass is 35.5. The average Bonchev–Trinajstić information content (AvgIpc) is 2.84. The Kier molecular flexibility index (Phi) is 11.8. The Labute approximate surface area is 228 Å². The van der Waals surface area contributed by atoms with Crippen LogP contribution in [0.4, 0.5) is 11.4 Å². The van der Waals surface area contributed by atoms with Gasteiger partial charge in [0.2, 0.25) is 5.91 Å². The fraction of sp³-hybridized carbons (Fsp3) is 0.292. The summed E-state index contributed by atoms with van der Waals surface area (Å²) in [6.07, 6.45) is -0.516. The number of hydrogen-bond donors (Lipinski definition) is 7. The molecule has 0 aromatic heterocycles. The molecule has 2 rings (SSSR count). The highest BCUT2D eigenvalue weighted by Crippen LogP contribution is 2.33. The second kappa shape index (κ2) is 14.8. The molecule has 2 atom stereocenters. The number of ether oxygens (including phenoxy) is 1. The Morgan fingerprint density at radius 3 is 2.34 bits per heavy atom. The molecule has 14 heteroatoms. The molecule has 0 saturated carbocycles. The van der Waals surface area contributed by atoms with E-state index < -0.39 is 42.3 Å². The Bertz CT molecular complexity index is 1170. The van der Waals surface area contributed by atoms with Gasteiger partial charge in [-0.15, -0.1) is 0 Å². The van der Waals surface area contributed by atoms with Crippen LogP contribution < -0.4 is 27.4 Å². The zero-order valence-corrected chi connectivity index (χ0v) is 21.6. The summed E-state index contributed by atoms with van der Waals surface area (Å²) < 4.78 is 4.64. The molecule has 2 aromatic carbocycles. The quantitative estimate of drug-likeness (QED) is 0.0614. The molecule has 204 valence electrons. The first-order valence-corrected chi connectivity index (χ1v) is 12.1. The smallest absolute Gasteiger partial charge is 0.330 e. The lowest BCUT2D eigenvalue weighted by Crippen LogP contribution is -2.44. The predicted octanol–water partition coefficient (Wildman–Crippen LogP) is 1.90. The lowest BCUT2D eigenvalue weighted by atomic mass is 10.1. The normalized spacial score (nSPS) is 12.1. The predicted molar refractivity (Wildman–Crippen MR) is 142 cm³/mol. The molecule has 1 amide bonds. The van der Waals surface area contributed by atoms with Gasteiger partial charge < -0.3 is 37.3 Å². The molecule has 0 radical (unpaired) electrons. The fourth-order valence-electron chi connectivity index (χ4n) is 3.23. The van der Waals surface area contributed by atoms with Gasteiger partial charge >= 0.3 is 17.9 Å². The standard InChI is InChI=1S/C24H28Cl2N6O6/c25-14-6-3-7-15(26)21(14)32-17-9-2-1-5-13(17)11-19(33)31-18(22(35)36)12-20(34)38-23(37)16(27)8-4-10-30-24(28)29/h1-3,5-7,9,16,18,32H,4,8,10-12,27H2,(H,31,33)(H,35,36)(H4,28,29,30)/t16-,18+/m0/s1. The molecule has 0 heterocycles. The maximum absolute atomic E-state index is 12.6. The number of para-hydroxylation sites is 2. The van der Waals surface area contributed by atoms with Crippen molar-refractivity contribution in [2.24, 2.45) is 11.5 Å². The van der Waals surface area contributed by atoms with Crippen LogP contribution in [0.3, 0.4) is 0 Å². The third-order valence-electron chi connectivity index (χ3n) is 5.12. The third-order valence-corrected chi connectivity index (χ3v) is 5.75. The largest absolute Gasteiger partial charge is 0.480 e. The number of benzene rings is 2. The van der Waals surface area contributed by atoms with Crippen LogP contribution in [-0.2, 0) is 30.3 Å². The van der Waals surface area contributed by atoms with Crippen LogP contribution in [-0.4, -0.2) is 53.5 Å². The van der Waals surface area contributed by atoms with Crippen LogP contribution in [0.1, 0.15) is 24.8 Å². The van der Waals surface area contributed by atoms with Gasteiger partial charge in [0.25, 0.3) is 0 Å². The molecule has 0 spiro atoms. The Balaban J connectivity index is 1.95. The minimum absolute atomic E-state index is 0.137. The minimum Gasteiger partial charge on any atom is -0.480 e. The minimum atomic E-state index is -1.64. The number of amides is 1. The zero-order chi connectivity index (χ0) is 28.2. The molecular formula is C24H28Cl2N6O6. The molecule has 0 aliphatic heterocycles. The first-order valence-electron chi connectivity index (χ1n) is 11.4. The number of aliphatic carboxylic acids is 1. The van der Waals surface area contributed by atoms with E-state index in [1.54, 1.807) is 42.5 Å². The third kappa shape index (κ3) is 9.88. The zero-order valence-electron chi connectivity index (χ0n) is 20.1. The molecule has 2 aromatic rings. The Hall–Kier alpha value is -3.87. The van der Waals surface area contributed by atoms with Crippen LogP contribution in [0.15, 0.2) is 42.5 Å². The molecule has 0 aliphatic carbocycles. The second-order valence-corrected chi connectivity index (χ2v) is 8.91. The van der Waals surface area contributed by atoms with E-state index in [1.165, 1.54) is 0 Å². The SMILES string of the molecule is N=C(N)NCCC[C@H](N)C(=O)OC(=O)C[C@@H](NC(=O)Cc1ccccc1Nc1c(Cl)cccc1Cl)C(=O)O. The molecule has 9 N–H and O–H groups in total. The van der Waals surface area contributed by atoms with Crippen molar-refractivity contribution < 1.29 is 29.0 Å². The van der Waals surface area contributed by atoms with Crippen molar-refractivity contribution in [1.82, 2.24) is 10.6 Å². The van der Waals surface area contributed by atoms with Gasteiger partial charge in [0.1, 0.15) is 12.1 Å². The van der Waals surface area contributed by atoms with Gasteiger partial charge in [-0.05, 0) is 36.6 Å². The Morgan fingerprint density at radius 1 is 1.05 bits per heavy atom. The number of anilines is 2. The molecule has 0 fully saturated rings. The number of rotatable bonds is 13. The monoisotopic (exact) mass is 566 g/mol. The summed E-state index contributed by atoms with van der Waals surface area (Å²) in [6.45, 7) is 0.293. The van der Waals surface area contributed by atoms with Crippen molar-refractivity contribution in [3.8, 4) is 0 Å². The number of guanidine groups is 1. The maximum Gasteiger partial charge on any atom is 0.330 e. The highest BCUT2D eigenvalue weighted by molar-refractivity contribution is 6.39. The molecule has 0 aliphatic rings. The van der Waals surface area contributed by atoms with E-state index in [4.69, 9.17) is 40.1 Å². The summed E-state index contributed by atoms with van der Waals surface area (Å²) in [4.78, 5) is 48.5. The average molecular weight is 567 g/mol. The first-order chi connectivity index (χ1) is 18.0. The number of carboxylic acid groups (broad SMARTS) is 1. The summed E-state index contributed by atoms with van der Waals surface area (Å²) in [5.41, 5.74) is 12.3. The van der Waals surface area contributed by atoms with Crippen LogP contribution in [0.25, 0.3) is 0 Å². The molecule has 0 unspecified atom stereocenters. The maximum atomic E-state index is 12.6. The van der Waals surface area contributed by atoms with Crippen molar-refractivity contribution in [1.29, 1.82) is 5.41 Å². The second-order valence-electron chi connectivity index (χ2n) is 8.10. The number of nitrogens with one attached hydrogen (secondary N) is 4. The molecule has 38 heavy (non-hydrogen) atoms. The van der Waals surface area contributed by atoms with E-state index in [0.717, 1.165) is 0 Å². The summed E-state index contributed by atoms with van der Waals surface area (Å²) in [6, 6.07) is 8.96. The molecular weight excluding hydrogens is 539 g/mol. The van der Waals surface area contributed by atoms with Crippen molar-refractivity contribution in [3.63, 3.8) is 0 Å². The van der Waals surface area contributed by atoms with Gasteiger partial charge in [-0.2, -0.15) is 0 Å². The van der Waals surface area contributed by atoms with Crippen LogP contribution in [0.2, 0.25) is 10.0 Å². The number of nitrogens with two attached hydrogens (primary N) is 2. The van der Waals surface area contributed by atoms with E-state index in [1.807, 2.05) is 0 Å². The summed E-state index contributed by atoms with van der Waals surface area (Å²) >= 11 is 12.4. The van der Waals surface area contributed by atoms with Crippen molar-refractivity contribution in [3.05, 3.63) is 58.1 Å². The summed E-state index contributed by atoms with van der Waals surface area (Å²) in [7, 11) is 0. The molecule has 0 bridgehead atoms. The van der Waals surface area contributed by atoms with Crippen molar-refractivity contribution in [2.75, 3.05) is 11.9 Å². The van der Waals surface area contributed by atoms with E-state index in [-0.39, 0.29) is 18.8 Å². The van der Waals surface area contributed by atoms with E-state index >= 15 is 0 Å². The van der Waals surface area contributed by atoms with E-state index in [2.05, 4.69) is 20.7 Å². The van der Waals surface area contributed by atoms with Gasteiger partial charge in [-0.1, -0.05) is 47.5 Å². The van der Waals surface area contributed by atoms with Crippen molar-refractivity contribution >= 4 is 64.4 Å². The van der Waals surface area contributed by atoms with Crippen LogP contribution >= 0.6 is 23.2 Å². The number of esters is 2. The summed E-state index contributed by atoms with van der Waals surface area (Å²) in [5, 5.41) is 25.1. The summed E-state index contributed by atoms with van der Waals surface area (Å²) in [5.74, 6) is -4.60. The Morgan fingerprint density at radius 2 is 1.71 bits per heavy atom. The van der Waals surface area contributed by atoms with Crippen molar-refractivity contribution in [2.45, 2.75) is 37.8 Å².